The Labute approximate surface area is 148 Å². The van der Waals surface area contributed by atoms with Crippen LogP contribution in [0.15, 0.2) is 42.5 Å². The van der Waals surface area contributed by atoms with Crippen LogP contribution >= 0.6 is 0 Å². The van der Waals surface area contributed by atoms with E-state index in [-0.39, 0.29) is 17.2 Å². The van der Waals surface area contributed by atoms with Crippen molar-refractivity contribution in [1.82, 2.24) is 4.90 Å². The molecule has 1 aromatic rings. The van der Waals surface area contributed by atoms with Crippen LogP contribution in [0.3, 0.4) is 0 Å². The number of likely N-dealkylation sites (tertiary alicyclic amines) is 1. The predicted molar refractivity (Wildman–Crippen MR) is 93.6 cm³/mol. The van der Waals surface area contributed by atoms with E-state index in [9.17, 15) is 14.7 Å². The van der Waals surface area contributed by atoms with Crippen LogP contribution in [0.1, 0.15) is 19.4 Å². The second kappa shape index (κ2) is 6.73. The summed E-state index contributed by atoms with van der Waals surface area (Å²) in [6.45, 7) is 5.12. The van der Waals surface area contributed by atoms with Gasteiger partial charge in [-0.05, 0) is 17.1 Å². The molecule has 1 aliphatic heterocycles. The van der Waals surface area contributed by atoms with Crippen molar-refractivity contribution in [2.45, 2.75) is 32.5 Å². The summed E-state index contributed by atoms with van der Waals surface area (Å²) < 4.78 is 4.87. The summed E-state index contributed by atoms with van der Waals surface area (Å²) in [5.74, 6) is -1.93. The Hall–Kier alpha value is -1.98. The van der Waals surface area contributed by atoms with Gasteiger partial charge in [0, 0.05) is 19.1 Å². The topological polar surface area (TPSA) is 66.8 Å². The van der Waals surface area contributed by atoms with Crippen LogP contribution < -0.4 is 0 Å². The van der Waals surface area contributed by atoms with E-state index in [1.54, 1.807) is 6.08 Å². The number of methoxy groups -OCH3 is 1. The lowest BCUT2D eigenvalue weighted by Gasteiger charge is -2.52. The summed E-state index contributed by atoms with van der Waals surface area (Å²) in [7, 11) is 1.31. The van der Waals surface area contributed by atoms with Gasteiger partial charge in [-0.2, -0.15) is 0 Å². The highest BCUT2D eigenvalue weighted by molar-refractivity contribution is 5.94. The number of aliphatic hydroxyl groups is 1. The van der Waals surface area contributed by atoms with Crippen LogP contribution in [0.2, 0.25) is 0 Å². The summed E-state index contributed by atoms with van der Waals surface area (Å²) in [5.41, 5.74) is 0.828. The zero-order valence-corrected chi connectivity index (χ0v) is 14.9. The van der Waals surface area contributed by atoms with Gasteiger partial charge in [-0.25, -0.2) is 0 Å². The first-order valence-corrected chi connectivity index (χ1v) is 8.62. The number of hydrogen-bond acceptors (Lipinski definition) is 5. The van der Waals surface area contributed by atoms with Gasteiger partial charge in [0.05, 0.1) is 25.0 Å². The molecule has 4 unspecified atom stereocenters. The van der Waals surface area contributed by atoms with E-state index in [0.717, 1.165) is 5.56 Å². The zero-order valence-electron chi connectivity index (χ0n) is 14.9. The zero-order chi connectivity index (χ0) is 18.2. The summed E-state index contributed by atoms with van der Waals surface area (Å²) in [6.07, 6.45) is 2.44. The molecule has 1 saturated heterocycles. The van der Waals surface area contributed by atoms with E-state index in [0.29, 0.717) is 13.1 Å². The van der Waals surface area contributed by atoms with Gasteiger partial charge in [0.1, 0.15) is 0 Å². The third-order valence-electron chi connectivity index (χ3n) is 5.45. The quantitative estimate of drug-likeness (QED) is 0.848. The third kappa shape index (κ3) is 3.26. The second-order valence-corrected chi connectivity index (χ2v) is 7.56. The molecule has 1 aliphatic carbocycles. The van der Waals surface area contributed by atoms with Crippen molar-refractivity contribution < 1.29 is 19.4 Å². The first kappa shape index (κ1) is 17.8. The number of allylic oxidation sites excluding steroid dienone is 1. The molecular weight excluding hydrogens is 318 g/mol. The number of rotatable bonds is 3. The van der Waals surface area contributed by atoms with E-state index in [1.165, 1.54) is 7.11 Å². The van der Waals surface area contributed by atoms with Crippen molar-refractivity contribution in [1.29, 1.82) is 0 Å². The van der Waals surface area contributed by atoms with Gasteiger partial charge in [-0.3, -0.25) is 14.5 Å². The summed E-state index contributed by atoms with van der Waals surface area (Å²) in [6, 6.07) is 9.80. The molecule has 134 valence electrons. The van der Waals surface area contributed by atoms with E-state index in [1.807, 2.05) is 36.4 Å². The maximum Gasteiger partial charge on any atom is 0.312 e. The van der Waals surface area contributed by atoms with Crippen molar-refractivity contribution in [2.75, 3.05) is 13.7 Å². The predicted octanol–water partition coefficient (Wildman–Crippen LogP) is 1.80. The van der Waals surface area contributed by atoms with Crippen molar-refractivity contribution in [3.8, 4) is 0 Å². The Morgan fingerprint density at radius 2 is 2.00 bits per heavy atom. The number of carbonyl (C=O) groups excluding carboxylic acids is 2. The van der Waals surface area contributed by atoms with E-state index >= 15 is 0 Å². The van der Waals surface area contributed by atoms with Crippen LogP contribution in [-0.2, 0) is 20.9 Å². The smallest absolute Gasteiger partial charge is 0.312 e. The summed E-state index contributed by atoms with van der Waals surface area (Å²) >= 11 is 0. The number of fused-ring (bicyclic) bond motifs is 1. The summed E-state index contributed by atoms with van der Waals surface area (Å²) in [5, 5.41) is 10.8. The fourth-order valence-corrected chi connectivity index (χ4v) is 4.25. The van der Waals surface area contributed by atoms with Crippen molar-refractivity contribution in [3.63, 3.8) is 0 Å². The average molecular weight is 343 g/mol. The molecule has 1 aromatic carbocycles. The molecule has 0 radical (unpaired) electrons. The molecule has 1 heterocycles. The molecular formula is C20H25NO4. The lowest BCUT2D eigenvalue weighted by molar-refractivity contribution is -0.165. The second-order valence-electron chi connectivity index (χ2n) is 7.56. The highest BCUT2D eigenvalue weighted by Gasteiger charge is 2.54. The normalized spacial score (nSPS) is 31.4. The molecule has 25 heavy (non-hydrogen) atoms. The van der Waals surface area contributed by atoms with Crippen LogP contribution in [-0.4, -0.2) is 47.6 Å². The van der Waals surface area contributed by atoms with Crippen molar-refractivity contribution in [3.05, 3.63) is 48.0 Å². The minimum atomic E-state index is -1.03. The van der Waals surface area contributed by atoms with E-state index < -0.39 is 23.9 Å². The highest BCUT2D eigenvalue weighted by atomic mass is 16.5. The highest BCUT2D eigenvalue weighted by Crippen LogP contribution is 2.43. The number of hydrogen-bond donors (Lipinski definition) is 1. The van der Waals surface area contributed by atoms with Gasteiger partial charge < -0.3 is 9.84 Å². The van der Waals surface area contributed by atoms with Gasteiger partial charge in [-0.15, -0.1) is 0 Å². The largest absolute Gasteiger partial charge is 0.469 e. The maximum atomic E-state index is 12.6. The van der Waals surface area contributed by atoms with Gasteiger partial charge in [-0.1, -0.05) is 50.3 Å². The molecule has 0 amide bonds. The molecule has 0 spiro atoms. The first-order chi connectivity index (χ1) is 11.8. The fraction of sp³-hybridized carbons (Fsp3) is 0.500. The molecule has 2 aliphatic rings. The summed E-state index contributed by atoms with van der Waals surface area (Å²) in [4.78, 5) is 26.9. The minimum Gasteiger partial charge on any atom is -0.469 e. The first-order valence-electron chi connectivity index (χ1n) is 8.62. The van der Waals surface area contributed by atoms with Gasteiger partial charge in [0.15, 0.2) is 5.78 Å². The van der Waals surface area contributed by atoms with E-state index in [2.05, 4.69) is 18.7 Å². The fourth-order valence-electron chi connectivity index (χ4n) is 4.25. The van der Waals surface area contributed by atoms with Gasteiger partial charge in [0.25, 0.3) is 0 Å². The SMILES string of the molecule is COC(=O)C1CN(Cc2ccccc2)C2C(C(=O)C=CC2(C)C)C1O. The van der Waals surface area contributed by atoms with Crippen LogP contribution in [0.5, 0.6) is 0 Å². The standard InChI is InChI=1S/C20H25NO4/c1-20(2)10-9-15(22)16-17(23)14(19(24)25-3)12-21(18(16)20)11-13-7-5-4-6-8-13/h4-10,14,16-18,23H,11-12H2,1-3H3. The number of esters is 1. The Morgan fingerprint density at radius 3 is 2.64 bits per heavy atom. The Bertz CT molecular complexity index is 682. The molecule has 0 saturated carbocycles. The number of aliphatic hydroxyl groups excluding tert-OH is 1. The van der Waals surface area contributed by atoms with E-state index in [4.69, 9.17) is 4.74 Å². The number of piperidine rings is 1. The van der Waals surface area contributed by atoms with Crippen LogP contribution in [0.25, 0.3) is 0 Å². The lowest BCUT2D eigenvalue weighted by atomic mass is 9.64. The Balaban J connectivity index is 1.99. The Morgan fingerprint density at radius 1 is 1.32 bits per heavy atom. The molecule has 4 atom stereocenters. The average Bonchev–Trinajstić information content (AvgIpc) is 2.60. The van der Waals surface area contributed by atoms with Gasteiger partial charge in [0.2, 0.25) is 0 Å². The third-order valence-corrected chi connectivity index (χ3v) is 5.45. The molecule has 3 rings (SSSR count). The molecule has 0 aromatic heterocycles. The molecule has 5 nitrogen and oxygen atoms in total. The van der Waals surface area contributed by atoms with Crippen LogP contribution in [0, 0.1) is 17.3 Å². The molecule has 0 bridgehead atoms. The van der Waals surface area contributed by atoms with Crippen LogP contribution in [0.4, 0.5) is 0 Å². The number of ether oxygens (including phenoxy) is 1. The number of ketones is 1. The lowest BCUT2D eigenvalue weighted by Crippen LogP contribution is -2.64. The maximum absolute atomic E-state index is 12.6. The van der Waals surface area contributed by atoms with Crippen molar-refractivity contribution >= 4 is 11.8 Å². The Kier molecular flexibility index (Phi) is 4.80. The monoisotopic (exact) mass is 343 g/mol. The number of nitrogens with zero attached hydrogens (tertiary/aromatic N) is 1. The minimum absolute atomic E-state index is 0.122. The van der Waals surface area contributed by atoms with Gasteiger partial charge >= 0.3 is 5.97 Å². The number of benzene rings is 1. The molecule has 1 N–H and O–H groups in total. The number of carbonyl (C=O) groups is 2. The molecule has 5 heteroatoms. The molecule has 1 fully saturated rings. The van der Waals surface area contributed by atoms with Crippen molar-refractivity contribution in [2.24, 2.45) is 17.3 Å².